The topological polar surface area (TPSA) is 29.5 Å². The molecule has 2 saturated heterocycles. The average Bonchev–Trinajstić information content (AvgIpc) is 2.53. The van der Waals surface area contributed by atoms with Gasteiger partial charge in [-0.25, -0.2) is 4.39 Å². The van der Waals surface area contributed by atoms with Crippen molar-refractivity contribution < 1.29 is 13.9 Å². The Labute approximate surface area is 83.2 Å². The van der Waals surface area contributed by atoms with Crippen LogP contribution in [-0.4, -0.2) is 35.4 Å². The molecule has 14 heavy (non-hydrogen) atoms. The van der Waals surface area contributed by atoms with E-state index in [1.54, 1.807) is 4.90 Å². The third kappa shape index (κ3) is 1.10. The van der Waals surface area contributed by atoms with Gasteiger partial charge in [-0.15, -0.1) is 0 Å². The first kappa shape index (κ1) is 9.90. The largest absolute Gasteiger partial charge is 0.354 e. The van der Waals surface area contributed by atoms with Gasteiger partial charge in [-0.05, 0) is 20.3 Å². The second-order valence-corrected chi connectivity index (χ2v) is 4.51. The van der Waals surface area contributed by atoms with E-state index in [2.05, 4.69) is 0 Å². The molecule has 0 spiro atoms. The van der Waals surface area contributed by atoms with Crippen LogP contribution < -0.4 is 0 Å². The van der Waals surface area contributed by atoms with Gasteiger partial charge < -0.3 is 9.64 Å². The highest BCUT2D eigenvalue weighted by Crippen LogP contribution is 2.41. The molecule has 1 amide bonds. The Hall–Kier alpha value is -0.640. The van der Waals surface area contributed by atoms with Crippen LogP contribution in [0.15, 0.2) is 0 Å². The summed E-state index contributed by atoms with van der Waals surface area (Å²) in [6.07, 6.45) is -0.638. The Bertz CT molecular complexity index is 267. The van der Waals surface area contributed by atoms with Gasteiger partial charge in [0.25, 0.3) is 5.91 Å². The lowest BCUT2D eigenvalue weighted by Crippen LogP contribution is -2.44. The molecule has 0 saturated carbocycles. The smallest absolute Gasteiger partial charge is 0.260 e. The first-order chi connectivity index (χ1) is 6.49. The van der Waals surface area contributed by atoms with Crippen molar-refractivity contribution in [1.82, 2.24) is 4.90 Å². The molecule has 80 valence electrons. The summed E-state index contributed by atoms with van der Waals surface area (Å²) in [5.41, 5.74) is -0.629. The van der Waals surface area contributed by atoms with Crippen LogP contribution in [0.25, 0.3) is 0 Å². The summed E-state index contributed by atoms with van der Waals surface area (Å²) in [5, 5.41) is 0. The predicted molar refractivity (Wildman–Crippen MR) is 49.3 cm³/mol. The fourth-order valence-electron chi connectivity index (χ4n) is 2.57. The van der Waals surface area contributed by atoms with E-state index >= 15 is 0 Å². The van der Waals surface area contributed by atoms with E-state index in [1.165, 1.54) is 0 Å². The van der Waals surface area contributed by atoms with Crippen LogP contribution in [-0.2, 0) is 9.53 Å². The number of hydrogen-bond acceptors (Lipinski definition) is 2. The van der Waals surface area contributed by atoms with Crippen molar-refractivity contribution in [3.63, 3.8) is 0 Å². The monoisotopic (exact) mass is 201 g/mol. The minimum absolute atomic E-state index is 0.0579. The fraction of sp³-hybridized carbons (Fsp3) is 0.900. The quantitative estimate of drug-likeness (QED) is 0.640. The van der Waals surface area contributed by atoms with Gasteiger partial charge in [0.1, 0.15) is 5.72 Å². The number of fused-ring (bicyclic) bond motifs is 1. The molecule has 2 rings (SSSR count). The highest BCUT2D eigenvalue weighted by Gasteiger charge is 2.56. The van der Waals surface area contributed by atoms with Crippen LogP contribution in [0, 0.1) is 5.92 Å². The third-order valence-corrected chi connectivity index (χ3v) is 3.33. The lowest BCUT2D eigenvalue weighted by atomic mass is 9.97. The van der Waals surface area contributed by atoms with E-state index in [0.29, 0.717) is 13.0 Å². The normalized spacial score (nSPS) is 40.4. The first-order valence-corrected chi connectivity index (χ1v) is 5.10. The zero-order chi connectivity index (χ0) is 10.5. The molecule has 0 aromatic heterocycles. The summed E-state index contributed by atoms with van der Waals surface area (Å²) in [4.78, 5) is 13.2. The molecule has 2 heterocycles. The van der Waals surface area contributed by atoms with Crippen LogP contribution in [0.3, 0.4) is 0 Å². The number of carbonyl (C=O) groups is 1. The average molecular weight is 201 g/mol. The van der Waals surface area contributed by atoms with Crippen LogP contribution >= 0.6 is 0 Å². The summed E-state index contributed by atoms with van der Waals surface area (Å²) >= 11 is 0. The zero-order valence-corrected chi connectivity index (χ0v) is 8.79. The Morgan fingerprint density at radius 2 is 2.29 bits per heavy atom. The number of ether oxygens (including phenoxy) is 1. The first-order valence-electron chi connectivity index (χ1n) is 5.10. The molecule has 2 fully saturated rings. The molecule has 3 atom stereocenters. The Morgan fingerprint density at radius 3 is 2.86 bits per heavy atom. The van der Waals surface area contributed by atoms with Gasteiger partial charge in [0.15, 0.2) is 6.17 Å². The lowest BCUT2D eigenvalue weighted by Gasteiger charge is -2.29. The molecular formula is C10H16FNO2. The van der Waals surface area contributed by atoms with E-state index in [9.17, 15) is 9.18 Å². The van der Waals surface area contributed by atoms with Crippen LogP contribution in [0.5, 0.6) is 0 Å². The summed E-state index contributed by atoms with van der Waals surface area (Å²) in [5.74, 6) is -0.589. The number of nitrogens with zero attached hydrogens (tertiary/aromatic N) is 1. The van der Waals surface area contributed by atoms with Gasteiger partial charge in [0.05, 0.1) is 12.6 Å². The van der Waals surface area contributed by atoms with Crippen LogP contribution in [0.4, 0.5) is 4.39 Å². The molecule has 2 aliphatic rings. The molecule has 0 aromatic carbocycles. The van der Waals surface area contributed by atoms with Crippen molar-refractivity contribution in [1.29, 1.82) is 0 Å². The Balaban J connectivity index is 2.30. The van der Waals surface area contributed by atoms with E-state index in [-0.39, 0.29) is 12.0 Å². The Morgan fingerprint density at radius 1 is 1.64 bits per heavy atom. The van der Waals surface area contributed by atoms with E-state index < -0.39 is 17.8 Å². The van der Waals surface area contributed by atoms with Crippen LogP contribution in [0.2, 0.25) is 0 Å². The van der Waals surface area contributed by atoms with Gasteiger partial charge in [-0.2, -0.15) is 0 Å². The number of amides is 1. The second kappa shape index (κ2) is 2.92. The SMILES string of the molecule is CCC1C(F)C(=O)N2C1COC2(C)C. The molecule has 0 aromatic rings. The van der Waals surface area contributed by atoms with Gasteiger partial charge in [-0.1, -0.05) is 6.92 Å². The molecule has 3 nitrogen and oxygen atoms in total. The highest BCUT2D eigenvalue weighted by molar-refractivity contribution is 5.85. The summed E-state index contributed by atoms with van der Waals surface area (Å²) in [6, 6.07) is -0.0579. The van der Waals surface area contributed by atoms with Crippen molar-refractivity contribution in [2.45, 2.75) is 45.1 Å². The predicted octanol–water partition coefficient (Wildman–Crippen LogP) is 1.33. The summed E-state index contributed by atoms with van der Waals surface area (Å²) in [6.45, 7) is 6.02. The molecule has 3 unspecified atom stereocenters. The van der Waals surface area contributed by atoms with Crippen molar-refractivity contribution in [3.8, 4) is 0 Å². The van der Waals surface area contributed by atoms with Gasteiger partial charge in [-0.3, -0.25) is 4.79 Å². The molecular weight excluding hydrogens is 185 g/mol. The maximum Gasteiger partial charge on any atom is 0.260 e. The molecule has 4 heteroatoms. The second-order valence-electron chi connectivity index (χ2n) is 4.51. The van der Waals surface area contributed by atoms with Crippen LogP contribution in [0.1, 0.15) is 27.2 Å². The van der Waals surface area contributed by atoms with E-state index in [1.807, 2.05) is 20.8 Å². The minimum atomic E-state index is -1.33. The lowest BCUT2D eigenvalue weighted by molar-refractivity contribution is -0.145. The molecule has 0 radical (unpaired) electrons. The zero-order valence-electron chi connectivity index (χ0n) is 8.79. The standard InChI is InChI=1S/C10H16FNO2/c1-4-6-7-5-14-10(2,3)12(7)9(13)8(6)11/h6-8H,4-5H2,1-3H3. The number of carbonyl (C=O) groups excluding carboxylic acids is 1. The highest BCUT2D eigenvalue weighted by atomic mass is 19.1. The Kier molecular flexibility index (Phi) is 2.07. The minimum Gasteiger partial charge on any atom is -0.354 e. The van der Waals surface area contributed by atoms with Gasteiger partial charge in [0.2, 0.25) is 0 Å². The number of rotatable bonds is 1. The van der Waals surface area contributed by atoms with Crippen molar-refractivity contribution in [3.05, 3.63) is 0 Å². The molecule has 0 N–H and O–H groups in total. The number of halogens is 1. The van der Waals surface area contributed by atoms with E-state index in [0.717, 1.165) is 0 Å². The summed E-state index contributed by atoms with van der Waals surface area (Å²) in [7, 11) is 0. The molecule has 0 bridgehead atoms. The number of hydrogen-bond donors (Lipinski definition) is 0. The van der Waals surface area contributed by atoms with Gasteiger partial charge >= 0.3 is 0 Å². The summed E-state index contributed by atoms with van der Waals surface area (Å²) < 4.78 is 19.1. The van der Waals surface area contributed by atoms with Crippen molar-refractivity contribution in [2.75, 3.05) is 6.61 Å². The number of alkyl halides is 1. The van der Waals surface area contributed by atoms with Crippen molar-refractivity contribution in [2.24, 2.45) is 5.92 Å². The molecule has 2 aliphatic heterocycles. The maximum atomic E-state index is 13.6. The van der Waals surface area contributed by atoms with E-state index in [4.69, 9.17) is 4.74 Å². The molecule has 0 aliphatic carbocycles. The maximum absolute atomic E-state index is 13.6. The fourth-order valence-corrected chi connectivity index (χ4v) is 2.57. The van der Waals surface area contributed by atoms with Crippen molar-refractivity contribution >= 4 is 5.91 Å². The third-order valence-electron chi connectivity index (χ3n) is 3.33. The van der Waals surface area contributed by atoms with Gasteiger partial charge in [0, 0.05) is 5.92 Å².